The lowest BCUT2D eigenvalue weighted by atomic mass is 10.2. The molecule has 0 N–H and O–H groups in total. The minimum Gasteiger partial charge on any atom is -0.495 e. The van der Waals surface area contributed by atoms with Gasteiger partial charge in [0.1, 0.15) is 5.75 Å². The number of hydrogen-bond acceptors (Lipinski definition) is 6. The summed E-state index contributed by atoms with van der Waals surface area (Å²) < 4.78 is 34.8. The Hall–Kier alpha value is -3.40. The molecule has 1 aliphatic heterocycles. The standard InChI is InChI=1S/C29H31N3O4S2/c1-30(15-14-22-8-4-3-5-9-22)38(34,35)24-12-13-26(36-2)25(21-24)31-16-18-32(19-17-31)29(33)28-20-23-10-6-7-11-27(23)37-28/h3-13,20-21H,14-19H2,1-2H3. The van der Waals surface area contributed by atoms with Crippen LogP contribution in [-0.2, 0) is 16.4 Å². The third-order valence-electron chi connectivity index (χ3n) is 6.96. The Kier molecular flexibility index (Phi) is 7.69. The highest BCUT2D eigenvalue weighted by atomic mass is 32.2. The van der Waals surface area contributed by atoms with Crippen molar-refractivity contribution in [1.82, 2.24) is 9.21 Å². The average molecular weight is 550 g/mol. The molecular formula is C29H31N3O4S2. The molecule has 1 amide bonds. The van der Waals surface area contributed by atoms with Crippen molar-refractivity contribution in [3.63, 3.8) is 0 Å². The Morgan fingerprint density at radius 3 is 2.37 bits per heavy atom. The summed E-state index contributed by atoms with van der Waals surface area (Å²) in [6.45, 7) is 2.64. The number of methoxy groups -OCH3 is 1. The summed E-state index contributed by atoms with van der Waals surface area (Å²) >= 11 is 1.52. The number of amides is 1. The van der Waals surface area contributed by atoms with Gasteiger partial charge < -0.3 is 14.5 Å². The van der Waals surface area contributed by atoms with Crippen molar-refractivity contribution in [1.29, 1.82) is 0 Å². The van der Waals surface area contributed by atoms with Crippen molar-refractivity contribution in [3.05, 3.63) is 89.3 Å². The number of carbonyl (C=O) groups is 1. The smallest absolute Gasteiger partial charge is 0.264 e. The molecule has 0 aliphatic carbocycles. The quantitative estimate of drug-likeness (QED) is 0.318. The van der Waals surface area contributed by atoms with Crippen molar-refractivity contribution in [2.75, 3.05) is 51.8 Å². The van der Waals surface area contributed by atoms with E-state index < -0.39 is 10.0 Å². The third-order valence-corrected chi connectivity index (χ3v) is 9.92. The molecule has 1 aromatic heterocycles. The van der Waals surface area contributed by atoms with Crippen LogP contribution >= 0.6 is 11.3 Å². The molecule has 38 heavy (non-hydrogen) atoms. The predicted molar refractivity (Wildman–Crippen MR) is 153 cm³/mol. The number of anilines is 1. The molecule has 9 heteroatoms. The molecule has 0 saturated carbocycles. The molecule has 1 aliphatic rings. The van der Waals surface area contributed by atoms with Crippen LogP contribution in [0.4, 0.5) is 5.69 Å². The molecule has 0 atom stereocenters. The fraction of sp³-hybridized carbons (Fsp3) is 0.276. The van der Waals surface area contributed by atoms with Crippen LogP contribution in [0.25, 0.3) is 10.1 Å². The zero-order valence-corrected chi connectivity index (χ0v) is 23.2. The number of piperazine rings is 1. The molecule has 5 rings (SSSR count). The van der Waals surface area contributed by atoms with Crippen LogP contribution in [0.3, 0.4) is 0 Å². The van der Waals surface area contributed by atoms with E-state index in [1.807, 2.05) is 65.6 Å². The van der Waals surface area contributed by atoms with E-state index in [1.165, 1.54) is 15.6 Å². The van der Waals surface area contributed by atoms with Crippen LogP contribution in [0.5, 0.6) is 5.75 Å². The first-order valence-corrected chi connectivity index (χ1v) is 14.8. The highest BCUT2D eigenvalue weighted by Gasteiger charge is 2.27. The van der Waals surface area contributed by atoms with Gasteiger partial charge in [-0.3, -0.25) is 4.79 Å². The normalized spacial score (nSPS) is 14.3. The Labute approximate surface area is 227 Å². The summed E-state index contributed by atoms with van der Waals surface area (Å²) in [5, 5.41) is 1.08. The van der Waals surface area contributed by atoms with Crippen LogP contribution in [0.1, 0.15) is 15.2 Å². The Bertz CT molecular complexity index is 1490. The number of nitrogens with zero attached hydrogens (tertiary/aromatic N) is 3. The molecule has 1 fully saturated rings. The number of likely N-dealkylation sites (N-methyl/N-ethyl adjacent to an activating group) is 1. The van der Waals surface area contributed by atoms with Crippen LogP contribution in [-0.4, -0.2) is 70.4 Å². The van der Waals surface area contributed by atoms with E-state index in [4.69, 9.17) is 4.74 Å². The number of hydrogen-bond donors (Lipinski definition) is 0. The van der Waals surface area contributed by atoms with E-state index in [2.05, 4.69) is 4.90 Å². The second kappa shape index (κ2) is 11.1. The van der Waals surface area contributed by atoms with Crippen LogP contribution in [0.15, 0.2) is 83.8 Å². The molecule has 0 spiro atoms. The van der Waals surface area contributed by atoms with E-state index in [-0.39, 0.29) is 10.8 Å². The molecule has 0 bridgehead atoms. The first kappa shape index (κ1) is 26.2. The monoisotopic (exact) mass is 549 g/mol. The minimum absolute atomic E-state index is 0.0363. The zero-order valence-electron chi connectivity index (χ0n) is 21.5. The third kappa shape index (κ3) is 5.41. The number of sulfonamides is 1. The van der Waals surface area contributed by atoms with Crippen LogP contribution in [0, 0.1) is 0 Å². The highest BCUT2D eigenvalue weighted by molar-refractivity contribution is 7.89. The van der Waals surface area contributed by atoms with Gasteiger partial charge in [-0.25, -0.2) is 12.7 Å². The number of benzene rings is 3. The maximum Gasteiger partial charge on any atom is 0.264 e. The summed E-state index contributed by atoms with van der Waals surface area (Å²) in [6.07, 6.45) is 0.634. The fourth-order valence-electron chi connectivity index (χ4n) is 4.70. The Morgan fingerprint density at radius 2 is 1.66 bits per heavy atom. The van der Waals surface area contributed by atoms with Gasteiger partial charge in [-0.1, -0.05) is 48.5 Å². The van der Waals surface area contributed by atoms with E-state index in [9.17, 15) is 13.2 Å². The minimum atomic E-state index is -3.68. The summed E-state index contributed by atoms with van der Waals surface area (Å²) in [6, 6.07) is 24.8. The maximum absolute atomic E-state index is 13.4. The van der Waals surface area contributed by atoms with Gasteiger partial charge in [0, 0.05) is 44.5 Å². The largest absolute Gasteiger partial charge is 0.495 e. The second-order valence-corrected chi connectivity index (χ2v) is 12.5. The van der Waals surface area contributed by atoms with Gasteiger partial charge in [0.2, 0.25) is 10.0 Å². The summed E-state index contributed by atoms with van der Waals surface area (Å²) in [4.78, 5) is 18.1. The molecule has 7 nitrogen and oxygen atoms in total. The molecule has 4 aromatic rings. The van der Waals surface area contributed by atoms with E-state index >= 15 is 0 Å². The van der Waals surface area contributed by atoms with E-state index in [0.717, 1.165) is 26.2 Å². The van der Waals surface area contributed by atoms with E-state index in [0.29, 0.717) is 44.9 Å². The summed E-state index contributed by atoms with van der Waals surface area (Å²) in [7, 11) is -0.485. The SMILES string of the molecule is COc1ccc(S(=O)(=O)N(C)CCc2ccccc2)cc1N1CCN(C(=O)c2cc3ccccc3s2)CC1. The number of thiophene rings is 1. The molecule has 3 aromatic carbocycles. The lowest BCUT2D eigenvalue weighted by Crippen LogP contribution is -2.48. The highest BCUT2D eigenvalue weighted by Crippen LogP contribution is 2.33. The van der Waals surface area contributed by atoms with Crippen molar-refractivity contribution < 1.29 is 17.9 Å². The zero-order chi connectivity index (χ0) is 26.7. The molecule has 2 heterocycles. The van der Waals surface area contributed by atoms with Gasteiger partial charge in [0.15, 0.2) is 0 Å². The topological polar surface area (TPSA) is 70.2 Å². The number of rotatable bonds is 8. The Balaban J connectivity index is 1.28. The summed E-state index contributed by atoms with van der Waals surface area (Å²) in [5.74, 6) is 0.648. The first-order chi connectivity index (χ1) is 18.4. The first-order valence-electron chi connectivity index (χ1n) is 12.6. The summed E-state index contributed by atoms with van der Waals surface area (Å²) in [5.41, 5.74) is 1.81. The molecule has 198 valence electrons. The lowest BCUT2D eigenvalue weighted by molar-refractivity contribution is 0.0751. The molecule has 0 radical (unpaired) electrons. The van der Waals surface area contributed by atoms with E-state index in [1.54, 1.807) is 32.4 Å². The fourth-order valence-corrected chi connectivity index (χ4v) is 6.93. The molecule has 1 saturated heterocycles. The van der Waals surface area contributed by atoms with Gasteiger partial charge in [-0.05, 0) is 47.7 Å². The van der Waals surface area contributed by atoms with Crippen LogP contribution < -0.4 is 9.64 Å². The molecule has 0 unspecified atom stereocenters. The van der Waals surface area contributed by atoms with Crippen molar-refractivity contribution >= 4 is 43.0 Å². The Morgan fingerprint density at radius 1 is 0.947 bits per heavy atom. The second-order valence-electron chi connectivity index (χ2n) is 9.32. The van der Waals surface area contributed by atoms with Gasteiger partial charge >= 0.3 is 0 Å². The maximum atomic E-state index is 13.4. The van der Waals surface area contributed by atoms with Crippen molar-refractivity contribution in [3.8, 4) is 5.75 Å². The van der Waals surface area contributed by atoms with Gasteiger partial charge in [0.05, 0.1) is 22.6 Å². The van der Waals surface area contributed by atoms with Crippen molar-refractivity contribution in [2.45, 2.75) is 11.3 Å². The average Bonchev–Trinajstić information content (AvgIpc) is 3.40. The van der Waals surface area contributed by atoms with Crippen molar-refractivity contribution in [2.24, 2.45) is 0 Å². The lowest BCUT2D eigenvalue weighted by Gasteiger charge is -2.36. The van der Waals surface area contributed by atoms with Gasteiger partial charge in [-0.2, -0.15) is 0 Å². The van der Waals surface area contributed by atoms with Gasteiger partial charge in [0.25, 0.3) is 5.91 Å². The number of ether oxygens (including phenoxy) is 1. The predicted octanol–water partition coefficient (Wildman–Crippen LogP) is 4.74. The van der Waals surface area contributed by atoms with Crippen LogP contribution in [0.2, 0.25) is 0 Å². The molecular weight excluding hydrogens is 518 g/mol. The number of fused-ring (bicyclic) bond motifs is 1. The van der Waals surface area contributed by atoms with Gasteiger partial charge in [-0.15, -0.1) is 11.3 Å². The number of carbonyl (C=O) groups excluding carboxylic acids is 1.